The van der Waals surface area contributed by atoms with Crippen LogP contribution in [0.4, 0.5) is 38.0 Å². The van der Waals surface area contributed by atoms with Crippen LogP contribution >= 0.6 is 34.8 Å². The second-order valence-electron chi connectivity index (χ2n) is 15.7. The summed E-state index contributed by atoms with van der Waals surface area (Å²) in [5.74, 6) is -6.46. The lowest BCUT2D eigenvalue weighted by Gasteiger charge is -2.56. The summed E-state index contributed by atoms with van der Waals surface area (Å²) in [4.78, 5) is 88.6. The number of anilines is 2. The molecule has 4 aromatic rings. The van der Waals surface area contributed by atoms with Crippen LogP contribution in [0.25, 0.3) is 0 Å². The first-order valence-electron chi connectivity index (χ1n) is 20.8. The average Bonchev–Trinajstić information content (AvgIpc) is 3.23. The summed E-state index contributed by atoms with van der Waals surface area (Å²) in [5, 5.41) is -0.574. The Kier molecular flexibility index (Phi) is 17.2. The SMILES string of the molecule is N.NC(=O)C1CC2(C1)C(=O)N(c1ncc(Cl)cc1F)CC(=O)N2Cc1ccc(C(F)F)cc1.O.O=C(Cl)C1CC2(C1)C(=O)N(c1ncc(Cl)cc1F)CC(=O)N2Cc1ccc(C(F)F)cc1.[2H]CC. The van der Waals surface area contributed by atoms with Crippen molar-refractivity contribution in [3.05, 3.63) is 117 Å². The average molecular weight is 1020 g/mol. The van der Waals surface area contributed by atoms with E-state index in [0.717, 1.165) is 34.3 Å². The second kappa shape index (κ2) is 22.0. The van der Waals surface area contributed by atoms with Crippen molar-refractivity contribution in [2.75, 3.05) is 22.9 Å². The highest BCUT2D eigenvalue weighted by molar-refractivity contribution is 6.64. The van der Waals surface area contributed by atoms with E-state index in [4.69, 9.17) is 41.9 Å². The number of hydrogen-bond acceptors (Lipinski definition) is 9. The number of hydrogen-bond donors (Lipinski definition) is 2. The van der Waals surface area contributed by atoms with Gasteiger partial charge < -0.3 is 27.2 Å². The molecule has 2 saturated carbocycles. The molecule has 0 radical (unpaired) electrons. The number of halogens is 9. The highest BCUT2D eigenvalue weighted by atomic mass is 35.5. The van der Waals surface area contributed by atoms with Gasteiger partial charge in [0, 0.05) is 49.8 Å². The number of nitrogens with two attached hydrogens (primary N) is 1. The number of nitrogens with zero attached hydrogens (tertiary/aromatic N) is 6. The van der Waals surface area contributed by atoms with Crippen molar-refractivity contribution in [3.63, 3.8) is 0 Å². The Balaban J connectivity index is 0.000000277. The minimum atomic E-state index is -2.63. The van der Waals surface area contributed by atoms with Crippen molar-refractivity contribution < 1.29 is 62.0 Å². The number of amides is 5. The molecule has 0 bridgehead atoms. The number of pyridine rings is 2. The molecule has 0 unspecified atom stereocenters. The number of benzene rings is 2. The highest BCUT2D eigenvalue weighted by Gasteiger charge is 2.63. The van der Waals surface area contributed by atoms with Crippen molar-refractivity contribution in [2.24, 2.45) is 17.6 Å². The molecule has 68 heavy (non-hydrogen) atoms. The monoisotopic (exact) mass is 1020 g/mol. The molecule has 366 valence electrons. The standard InChI is InChI=1S/C21H16Cl2F3N3O3.C21H18ClF3N4O3.C2H6.H3N.H2O/c22-14-5-15(24)19(27-8-14)28-10-16(30)29(9-11-1-3-12(4-2-11)18(25)26)21(20(28)32)6-13(7-21)17(23)31;22-14-5-15(23)19(27-8-14)28-10-16(30)29(9-11-1-3-12(4-2-11)17(24)25)21(20(28)32)6-13(7-21)18(26)31;1-2;;/h1-5,8,13,18H,6-7,9-10H2;1-5,8,13,17H,6-7,9-10H2,(H2,26,31);1-2H3;1H3;1H2/i;;1D;;. The number of primary amides is 1. The Morgan fingerprint density at radius 3 is 1.35 bits per heavy atom. The molecule has 2 aromatic heterocycles. The predicted molar refractivity (Wildman–Crippen MR) is 238 cm³/mol. The maximum atomic E-state index is 14.5. The van der Waals surface area contributed by atoms with Gasteiger partial charge in [-0.3, -0.25) is 38.6 Å². The molecule has 2 saturated heterocycles. The largest absolute Gasteiger partial charge is 0.412 e. The Hall–Kier alpha value is -5.87. The Labute approximate surface area is 401 Å². The number of piperazine rings is 2. The van der Waals surface area contributed by atoms with Crippen LogP contribution in [0.15, 0.2) is 73.1 Å². The number of carbonyl (C=O) groups excluding carboxylic acids is 6. The fourth-order valence-electron chi connectivity index (χ4n) is 8.39. The van der Waals surface area contributed by atoms with Crippen molar-refractivity contribution >= 4 is 81.2 Å². The highest BCUT2D eigenvalue weighted by Crippen LogP contribution is 2.49. The molecule has 0 atom stereocenters. The summed E-state index contributed by atoms with van der Waals surface area (Å²) in [5.41, 5.74) is 3.26. The topological polar surface area (TPSA) is 234 Å². The van der Waals surface area contributed by atoms with Crippen LogP contribution in [0.1, 0.15) is 76.0 Å². The lowest BCUT2D eigenvalue weighted by molar-refractivity contribution is -0.164. The van der Waals surface area contributed by atoms with Gasteiger partial charge in [-0.2, -0.15) is 0 Å². The molecule has 2 spiro atoms. The Morgan fingerprint density at radius 2 is 1.06 bits per heavy atom. The molecule has 7 N–H and O–H groups in total. The number of rotatable bonds is 10. The molecule has 4 heterocycles. The lowest BCUT2D eigenvalue weighted by atomic mass is 9.65. The van der Waals surface area contributed by atoms with E-state index in [-0.39, 0.29) is 83.2 Å². The van der Waals surface area contributed by atoms with Crippen LogP contribution in [0.5, 0.6) is 0 Å². The molecule has 24 heteroatoms. The van der Waals surface area contributed by atoms with Gasteiger partial charge in [-0.05, 0) is 60.5 Å². The van der Waals surface area contributed by atoms with Gasteiger partial charge in [0.25, 0.3) is 24.7 Å². The van der Waals surface area contributed by atoms with Crippen LogP contribution in [0, 0.1) is 23.5 Å². The maximum absolute atomic E-state index is 14.5. The molecule has 2 aliphatic carbocycles. The van der Waals surface area contributed by atoms with Crippen LogP contribution in [-0.4, -0.2) is 84.2 Å². The zero-order valence-corrected chi connectivity index (χ0v) is 38.2. The predicted octanol–water partition coefficient (Wildman–Crippen LogP) is 7.29. The first kappa shape index (κ1) is 53.1. The van der Waals surface area contributed by atoms with E-state index in [0.29, 0.717) is 18.0 Å². The van der Waals surface area contributed by atoms with E-state index >= 15 is 0 Å². The zero-order valence-electron chi connectivity index (χ0n) is 36.9. The number of carbonyl (C=O) groups is 6. The van der Waals surface area contributed by atoms with E-state index in [9.17, 15) is 55.1 Å². The molecule has 2 aromatic carbocycles. The number of alkyl halides is 4. The van der Waals surface area contributed by atoms with Crippen molar-refractivity contribution in [3.8, 4) is 0 Å². The zero-order chi connectivity index (χ0) is 49.1. The first-order chi connectivity index (χ1) is 31.7. The second-order valence-corrected chi connectivity index (χ2v) is 17.0. The Bertz CT molecular complexity index is 2390. The van der Waals surface area contributed by atoms with Gasteiger partial charge in [-0.25, -0.2) is 36.3 Å². The molecular weight excluding hydrogens is 973 g/mol. The summed E-state index contributed by atoms with van der Waals surface area (Å²) >= 11 is 17.1. The van der Waals surface area contributed by atoms with Gasteiger partial charge in [0.1, 0.15) is 24.2 Å². The third-order valence-electron chi connectivity index (χ3n) is 11.8. The quantitative estimate of drug-likeness (QED) is 0.120. The van der Waals surface area contributed by atoms with E-state index in [1.807, 2.05) is 0 Å². The number of aromatic nitrogens is 2. The normalized spacial score (nSPS) is 22.0. The summed E-state index contributed by atoms with van der Waals surface area (Å²) in [6, 6.07) is 12.7. The van der Waals surface area contributed by atoms with Gasteiger partial charge in [0.2, 0.25) is 23.0 Å². The maximum Gasteiger partial charge on any atom is 0.263 e. The van der Waals surface area contributed by atoms with E-state index in [2.05, 4.69) is 9.97 Å². The molecule has 2 aliphatic heterocycles. The molecular formula is C44H45Cl3F6N8O7. The van der Waals surface area contributed by atoms with Gasteiger partial charge in [0.15, 0.2) is 23.3 Å². The fourth-order valence-corrected chi connectivity index (χ4v) is 8.84. The van der Waals surface area contributed by atoms with Gasteiger partial charge >= 0.3 is 0 Å². The van der Waals surface area contributed by atoms with Gasteiger partial charge in [-0.15, -0.1) is 0 Å². The van der Waals surface area contributed by atoms with Gasteiger partial charge in [-0.1, -0.05) is 85.6 Å². The lowest BCUT2D eigenvalue weighted by Crippen LogP contribution is -2.73. The van der Waals surface area contributed by atoms with Gasteiger partial charge in [0.05, 0.1) is 10.0 Å². The Morgan fingerprint density at radius 1 is 0.721 bits per heavy atom. The van der Waals surface area contributed by atoms with Crippen molar-refractivity contribution in [1.82, 2.24) is 25.9 Å². The minimum absolute atomic E-state index is 0. The fraction of sp³-hybridized carbons (Fsp3) is 0.364. The van der Waals surface area contributed by atoms with Crippen molar-refractivity contribution in [1.29, 1.82) is 0 Å². The molecule has 15 nitrogen and oxygen atoms in total. The van der Waals surface area contributed by atoms with Crippen LogP contribution in [0.3, 0.4) is 0 Å². The molecule has 4 aliphatic rings. The summed E-state index contributed by atoms with van der Waals surface area (Å²) in [6.45, 7) is 1.27. The molecule has 5 amide bonds. The van der Waals surface area contributed by atoms with Crippen LogP contribution < -0.4 is 21.7 Å². The van der Waals surface area contributed by atoms with Crippen LogP contribution in [0.2, 0.25) is 10.0 Å². The van der Waals surface area contributed by atoms with E-state index in [1.165, 1.54) is 58.3 Å². The van der Waals surface area contributed by atoms with Crippen LogP contribution in [-0.2, 0) is 41.9 Å². The molecule has 8 rings (SSSR count). The van der Waals surface area contributed by atoms with E-state index in [1.54, 1.807) is 6.92 Å². The first-order valence-corrected chi connectivity index (χ1v) is 21.2. The smallest absolute Gasteiger partial charge is 0.263 e. The summed E-state index contributed by atoms with van der Waals surface area (Å²) < 4.78 is 86.5. The third kappa shape index (κ3) is 10.7. The van der Waals surface area contributed by atoms with E-state index < -0.39 is 95.3 Å². The summed E-state index contributed by atoms with van der Waals surface area (Å²) in [6.07, 6.45) is -3.04. The van der Waals surface area contributed by atoms with Crippen molar-refractivity contribution in [2.45, 2.75) is 76.5 Å². The molecule has 4 fully saturated rings. The minimum Gasteiger partial charge on any atom is -0.412 e. The summed E-state index contributed by atoms with van der Waals surface area (Å²) in [7, 11) is 0. The third-order valence-corrected chi connectivity index (χ3v) is 12.5.